The Kier molecular flexibility index (Phi) is 11.9. The van der Waals surface area contributed by atoms with Crippen LogP contribution in [-0.2, 0) is 4.79 Å². The van der Waals surface area contributed by atoms with E-state index in [1.165, 1.54) is 6.92 Å². The molecule has 0 aliphatic heterocycles. The van der Waals surface area contributed by atoms with Gasteiger partial charge in [-0.1, -0.05) is 0 Å². The highest BCUT2D eigenvalue weighted by Crippen LogP contribution is 2.13. The summed E-state index contributed by atoms with van der Waals surface area (Å²) in [6.07, 6.45) is 1.64. The van der Waals surface area contributed by atoms with Gasteiger partial charge in [-0.05, 0) is 32.7 Å². The molecule has 0 heterocycles. The second-order valence-corrected chi connectivity index (χ2v) is 3.15. The third kappa shape index (κ3) is 5.94. The largest absolute Gasteiger partial charge is 0.480 e. The van der Waals surface area contributed by atoms with Gasteiger partial charge in [-0.3, -0.25) is 0 Å². The number of aliphatic carboxylic acids is 1. The molecule has 92 valence electrons. The van der Waals surface area contributed by atoms with Crippen LogP contribution >= 0.6 is 24.8 Å². The number of hydrogen-bond donors (Lipinski definition) is 4. The summed E-state index contributed by atoms with van der Waals surface area (Å²) in [6, 6.07) is 0. The number of hydrogen-bond acceptors (Lipinski definition) is 4. The monoisotopic (exact) mass is 259 g/mol. The van der Waals surface area contributed by atoms with Crippen molar-refractivity contribution in [1.29, 1.82) is 5.41 Å². The molecule has 0 rings (SSSR count). The molecule has 0 bridgehead atoms. The fourth-order valence-corrected chi connectivity index (χ4v) is 1.00. The van der Waals surface area contributed by atoms with Crippen LogP contribution in [0.25, 0.3) is 0 Å². The van der Waals surface area contributed by atoms with Gasteiger partial charge in [0.05, 0.1) is 0 Å². The Labute approximate surface area is 102 Å². The fraction of sp³-hybridized carbons (Fsp3) is 0.750. The Morgan fingerprint density at radius 3 is 2.13 bits per heavy atom. The second kappa shape index (κ2) is 8.91. The number of nitrogens with two attached hydrogens (primary N) is 2. The van der Waals surface area contributed by atoms with Gasteiger partial charge in [0.15, 0.2) is 5.54 Å². The molecule has 0 amide bonds. The van der Waals surface area contributed by atoms with E-state index < -0.39 is 11.5 Å². The van der Waals surface area contributed by atoms with Crippen molar-refractivity contribution in [3.8, 4) is 0 Å². The lowest BCUT2D eigenvalue weighted by molar-refractivity contribution is -0.140. The maximum atomic E-state index is 10.8. The van der Waals surface area contributed by atoms with Crippen LogP contribution in [0.1, 0.15) is 26.2 Å². The summed E-state index contributed by atoms with van der Waals surface area (Å²) in [4.78, 5) is 10.8. The first-order chi connectivity index (χ1) is 5.95. The molecule has 0 aromatic carbocycles. The summed E-state index contributed by atoms with van der Waals surface area (Å²) >= 11 is 0. The third-order valence-corrected chi connectivity index (χ3v) is 2.08. The predicted molar refractivity (Wildman–Crippen MR) is 65.4 cm³/mol. The quantitative estimate of drug-likeness (QED) is 0.417. The minimum Gasteiger partial charge on any atom is -0.480 e. The van der Waals surface area contributed by atoms with Gasteiger partial charge in [0, 0.05) is 5.71 Å². The van der Waals surface area contributed by atoms with Crippen LogP contribution < -0.4 is 11.5 Å². The van der Waals surface area contributed by atoms with E-state index in [4.69, 9.17) is 22.0 Å². The summed E-state index contributed by atoms with van der Waals surface area (Å²) < 4.78 is 0. The number of unbranched alkanes of at least 4 members (excludes halogenated alkanes) is 1. The molecule has 0 aromatic heterocycles. The van der Waals surface area contributed by atoms with E-state index in [2.05, 4.69) is 0 Å². The topological polar surface area (TPSA) is 113 Å². The van der Waals surface area contributed by atoms with Crippen LogP contribution in [-0.4, -0.2) is 28.9 Å². The molecule has 0 aliphatic carbocycles. The number of rotatable bonds is 6. The first-order valence-corrected chi connectivity index (χ1v) is 4.23. The standard InChI is InChI=1S/C8H17N3O2.2ClH/c1-6(10)8(11,7(12)13)4-2-3-5-9;;/h10H,2-5,9,11H2,1H3,(H,12,13);2*1H. The van der Waals surface area contributed by atoms with Crippen LogP contribution in [0.3, 0.4) is 0 Å². The smallest absolute Gasteiger partial charge is 0.329 e. The minimum absolute atomic E-state index is 0. The average molecular weight is 260 g/mol. The van der Waals surface area contributed by atoms with E-state index in [9.17, 15) is 4.79 Å². The van der Waals surface area contributed by atoms with Crippen LogP contribution in [0.4, 0.5) is 0 Å². The molecule has 6 N–H and O–H groups in total. The summed E-state index contributed by atoms with van der Waals surface area (Å²) in [6.45, 7) is 1.93. The Bertz CT molecular complexity index is 198. The summed E-state index contributed by atoms with van der Waals surface area (Å²) in [5.41, 5.74) is 9.31. The number of halogens is 2. The van der Waals surface area contributed by atoms with E-state index in [-0.39, 0.29) is 36.9 Å². The van der Waals surface area contributed by atoms with Crippen molar-refractivity contribution in [2.24, 2.45) is 11.5 Å². The van der Waals surface area contributed by atoms with E-state index >= 15 is 0 Å². The maximum Gasteiger partial charge on any atom is 0.329 e. The number of nitrogens with one attached hydrogen (secondary N) is 1. The van der Waals surface area contributed by atoms with Crippen molar-refractivity contribution in [1.82, 2.24) is 0 Å². The SMILES string of the molecule is CC(=N)C(N)(CCCCN)C(=O)O.Cl.Cl. The van der Waals surface area contributed by atoms with E-state index in [0.29, 0.717) is 13.0 Å². The van der Waals surface area contributed by atoms with Gasteiger partial charge in [-0.15, -0.1) is 24.8 Å². The van der Waals surface area contributed by atoms with Crippen LogP contribution in [0.15, 0.2) is 0 Å². The maximum absolute atomic E-state index is 10.8. The average Bonchev–Trinajstić information content (AvgIpc) is 2.03. The zero-order chi connectivity index (χ0) is 10.5. The van der Waals surface area contributed by atoms with E-state index in [1.807, 2.05) is 0 Å². The molecule has 0 saturated heterocycles. The molecular formula is C8H19Cl2N3O2. The van der Waals surface area contributed by atoms with E-state index in [0.717, 1.165) is 6.42 Å². The van der Waals surface area contributed by atoms with Crippen molar-refractivity contribution in [2.75, 3.05) is 6.54 Å². The Morgan fingerprint density at radius 1 is 1.40 bits per heavy atom. The van der Waals surface area contributed by atoms with Crippen molar-refractivity contribution < 1.29 is 9.90 Å². The molecule has 15 heavy (non-hydrogen) atoms. The predicted octanol–water partition coefficient (Wildman–Crippen LogP) is 0.781. The van der Waals surface area contributed by atoms with Crippen molar-refractivity contribution in [2.45, 2.75) is 31.7 Å². The van der Waals surface area contributed by atoms with Crippen molar-refractivity contribution in [3.63, 3.8) is 0 Å². The lowest BCUT2D eigenvalue weighted by atomic mass is 9.89. The van der Waals surface area contributed by atoms with Gasteiger partial charge in [0.2, 0.25) is 0 Å². The lowest BCUT2D eigenvalue weighted by Crippen LogP contribution is -2.53. The molecule has 0 spiro atoms. The first-order valence-electron chi connectivity index (χ1n) is 4.23. The van der Waals surface area contributed by atoms with Gasteiger partial charge in [-0.25, -0.2) is 4.79 Å². The molecular weight excluding hydrogens is 241 g/mol. The number of carboxylic acids is 1. The zero-order valence-electron chi connectivity index (χ0n) is 8.66. The third-order valence-electron chi connectivity index (χ3n) is 2.08. The summed E-state index contributed by atoms with van der Waals surface area (Å²) in [5, 5.41) is 16.1. The lowest BCUT2D eigenvalue weighted by Gasteiger charge is -2.23. The Morgan fingerprint density at radius 2 is 1.87 bits per heavy atom. The van der Waals surface area contributed by atoms with Gasteiger partial charge in [-0.2, -0.15) is 0 Å². The summed E-state index contributed by atoms with van der Waals surface area (Å²) in [7, 11) is 0. The molecule has 0 aliphatic rings. The van der Waals surface area contributed by atoms with Gasteiger partial charge in [0.1, 0.15) is 0 Å². The summed E-state index contributed by atoms with van der Waals surface area (Å²) in [5.74, 6) is -1.14. The Balaban J connectivity index is -0.000000720. The Hall–Kier alpha value is -0.360. The molecule has 0 saturated carbocycles. The molecule has 0 fully saturated rings. The highest BCUT2D eigenvalue weighted by molar-refractivity contribution is 6.07. The molecule has 5 nitrogen and oxygen atoms in total. The van der Waals surface area contributed by atoms with Crippen LogP contribution in [0.5, 0.6) is 0 Å². The fourth-order valence-electron chi connectivity index (χ4n) is 1.00. The molecule has 1 atom stereocenters. The number of carbonyl (C=O) groups is 1. The van der Waals surface area contributed by atoms with Gasteiger partial charge in [0.25, 0.3) is 0 Å². The molecule has 0 aromatic rings. The van der Waals surface area contributed by atoms with Crippen molar-refractivity contribution >= 4 is 36.5 Å². The van der Waals surface area contributed by atoms with Crippen LogP contribution in [0.2, 0.25) is 0 Å². The molecule has 1 unspecified atom stereocenters. The molecule has 0 radical (unpaired) electrons. The van der Waals surface area contributed by atoms with Gasteiger partial charge < -0.3 is 22.0 Å². The van der Waals surface area contributed by atoms with Crippen molar-refractivity contribution in [3.05, 3.63) is 0 Å². The minimum atomic E-state index is -1.50. The molecule has 7 heteroatoms. The highest BCUT2D eigenvalue weighted by Gasteiger charge is 2.35. The highest BCUT2D eigenvalue weighted by atomic mass is 35.5. The second-order valence-electron chi connectivity index (χ2n) is 3.15. The van der Waals surface area contributed by atoms with E-state index in [1.54, 1.807) is 0 Å². The normalized spacial score (nSPS) is 13.0. The first kappa shape index (κ1) is 20.1. The van der Waals surface area contributed by atoms with Gasteiger partial charge >= 0.3 is 5.97 Å². The zero-order valence-corrected chi connectivity index (χ0v) is 10.3. The number of carboxylic acid groups (broad SMARTS) is 1. The van der Waals surface area contributed by atoms with Crippen LogP contribution in [0, 0.1) is 5.41 Å².